The van der Waals surface area contributed by atoms with Crippen LogP contribution in [0.4, 0.5) is 0 Å². The van der Waals surface area contributed by atoms with E-state index in [0.717, 1.165) is 42.0 Å². The Balaban J connectivity index is 1.41. The smallest absolute Gasteiger partial charge is 0.226 e. The number of hydrogen-bond donors (Lipinski definition) is 1. The van der Waals surface area contributed by atoms with Gasteiger partial charge in [0, 0.05) is 18.4 Å². The molecule has 1 aromatic heterocycles. The molecule has 3 rings (SSSR count). The summed E-state index contributed by atoms with van der Waals surface area (Å²) in [5.41, 5.74) is 2.13. The molecule has 0 fully saturated rings. The first-order chi connectivity index (χ1) is 12.3. The fourth-order valence-corrected chi connectivity index (χ4v) is 3.00. The molecule has 1 aliphatic rings. The Morgan fingerprint density at radius 3 is 3.04 bits per heavy atom. The summed E-state index contributed by atoms with van der Waals surface area (Å²) in [6, 6.07) is 11.7. The normalized spacial score (nSPS) is 15.8. The van der Waals surface area contributed by atoms with Crippen LogP contribution in [0.1, 0.15) is 24.1 Å². The summed E-state index contributed by atoms with van der Waals surface area (Å²) in [6.45, 7) is 1.12. The van der Waals surface area contributed by atoms with Gasteiger partial charge < -0.3 is 14.8 Å². The summed E-state index contributed by atoms with van der Waals surface area (Å²) < 4.78 is 11.0. The van der Waals surface area contributed by atoms with Gasteiger partial charge in [-0.25, -0.2) is 0 Å². The number of ether oxygens (including phenoxy) is 2. The number of nitrogens with one attached hydrogen (secondary N) is 1. The van der Waals surface area contributed by atoms with E-state index in [2.05, 4.69) is 10.3 Å². The number of fused-ring (bicyclic) bond motifs is 1. The molecule has 0 spiro atoms. The molecule has 1 aliphatic heterocycles. The Morgan fingerprint density at radius 1 is 1.32 bits per heavy atom. The lowest BCUT2D eigenvalue weighted by atomic mass is 9.95. The van der Waals surface area contributed by atoms with Gasteiger partial charge in [0.15, 0.2) is 0 Å². The second-order valence-corrected chi connectivity index (χ2v) is 6.25. The molecule has 0 radical (unpaired) electrons. The van der Waals surface area contributed by atoms with Gasteiger partial charge in [-0.05, 0) is 61.6 Å². The van der Waals surface area contributed by atoms with Crippen molar-refractivity contribution >= 4 is 5.91 Å². The lowest BCUT2D eigenvalue weighted by molar-refractivity contribution is -0.126. The van der Waals surface area contributed by atoms with Crippen LogP contribution in [-0.2, 0) is 17.6 Å². The molecule has 0 aliphatic carbocycles. The van der Waals surface area contributed by atoms with Gasteiger partial charge in [0.05, 0.1) is 13.0 Å². The number of rotatable bonds is 7. The van der Waals surface area contributed by atoms with Crippen molar-refractivity contribution in [2.45, 2.75) is 25.7 Å². The van der Waals surface area contributed by atoms with Gasteiger partial charge in [-0.1, -0.05) is 6.07 Å². The highest BCUT2D eigenvalue weighted by atomic mass is 16.5. The molecule has 0 bridgehead atoms. The van der Waals surface area contributed by atoms with E-state index in [0.29, 0.717) is 19.6 Å². The second kappa shape index (κ2) is 8.51. The predicted octanol–water partition coefficient (Wildman–Crippen LogP) is 2.78. The maximum atomic E-state index is 12.4. The number of aryl methyl sites for hydroxylation is 1. The van der Waals surface area contributed by atoms with E-state index < -0.39 is 0 Å². The number of carbonyl (C=O) groups is 1. The van der Waals surface area contributed by atoms with Gasteiger partial charge in [0.1, 0.15) is 18.1 Å². The zero-order valence-electron chi connectivity index (χ0n) is 14.5. The van der Waals surface area contributed by atoms with Crippen molar-refractivity contribution in [1.29, 1.82) is 0 Å². The summed E-state index contributed by atoms with van der Waals surface area (Å²) in [6.07, 6.45) is 5.40. The minimum absolute atomic E-state index is 0.0614. The number of benzene rings is 1. The molecule has 1 unspecified atom stereocenters. The molecule has 5 heteroatoms. The highest BCUT2D eigenvalue weighted by Gasteiger charge is 2.26. The molecule has 2 heterocycles. The van der Waals surface area contributed by atoms with Crippen LogP contribution >= 0.6 is 0 Å². The van der Waals surface area contributed by atoms with Gasteiger partial charge in [-0.3, -0.25) is 9.78 Å². The molecule has 0 saturated heterocycles. The van der Waals surface area contributed by atoms with Crippen molar-refractivity contribution in [2.24, 2.45) is 5.92 Å². The average molecular weight is 340 g/mol. The molecular weight excluding hydrogens is 316 g/mol. The number of amides is 1. The number of methoxy groups -OCH3 is 1. The van der Waals surface area contributed by atoms with Crippen molar-refractivity contribution in [3.05, 3.63) is 53.9 Å². The predicted molar refractivity (Wildman–Crippen MR) is 95.9 cm³/mol. The Hall–Kier alpha value is -2.56. The van der Waals surface area contributed by atoms with Crippen molar-refractivity contribution in [1.82, 2.24) is 10.3 Å². The van der Waals surface area contributed by atoms with Crippen LogP contribution < -0.4 is 14.8 Å². The average Bonchev–Trinajstić information content (AvgIpc) is 2.67. The maximum absolute atomic E-state index is 12.4. The highest BCUT2D eigenvalue weighted by Crippen LogP contribution is 2.30. The van der Waals surface area contributed by atoms with Gasteiger partial charge >= 0.3 is 0 Å². The van der Waals surface area contributed by atoms with Gasteiger partial charge in [0.25, 0.3) is 0 Å². The minimum atomic E-state index is -0.143. The molecule has 2 aromatic rings. The summed E-state index contributed by atoms with van der Waals surface area (Å²) in [5, 5.41) is 3.03. The summed E-state index contributed by atoms with van der Waals surface area (Å²) in [5.74, 6) is 1.56. The number of hydrogen-bond acceptors (Lipinski definition) is 4. The number of carbonyl (C=O) groups excluding carboxylic acids is 1. The molecule has 132 valence electrons. The molecule has 0 saturated carbocycles. The van der Waals surface area contributed by atoms with Crippen LogP contribution in [0.3, 0.4) is 0 Å². The van der Waals surface area contributed by atoms with Gasteiger partial charge in [-0.2, -0.15) is 0 Å². The van der Waals surface area contributed by atoms with Crippen molar-refractivity contribution in [3.8, 4) is 11.5 Å². The Morgan fingerprint density at radius 2 is 2.24 bits per heavy atom. The first-order valence-corrected chi connectivity index (χ1v) is 8.73. The third kappa shape index (κ3) is 4.72. The summed E-state index contributed by atoms with van der Waals surface area (Å²) in [7, 11) is 1.64. The van der Waals surface area contributed by atoms with Crippen molar-refractivity contribution < 1.29 is 14.3 Å². The van der Waals surface area contributed by atoms with E-state index >= 15 is 0 Å². The number of aromatic nitrogens is 1. The third-order valence-corrected chi connectivity index (χ3v) is 4.43. The van der Waals surface area contributed by atoms with Crippen molar-refractivity contribution in [2.75, 3.05) is 20.3 Å². The van der Waals surface area contributed by atoms with E-state index in [9.17, 15) is 4.79 Å². The zero-order chi connectivity index (χ0) is 17.5. The largest absolute Gasteiger partial charge is 0.497 e. The fourth-order valence-electron chi connectivity index (χ4n) is 3.00. The Kier molecular flexibility index (Phi) is 5.88. The molecule has 1 N–H and O–H groups in total. The number of pyridine rings is 1. The van der Waals surface area contributed by atoms with Crippen LogP contribution in [0.2, 0.25) is 0 Å². The molecule has 1 atom stereocenters. The lowest BCUT2D eigenvalue weighted by Crippen LogP contribution is -2.37. The molecule has 5 nitrogen and oxygen atoms in total. The SMILES string of the molecule is COc1ccc2c(c1)CC(C(=O)NCCCCc1ccccn1)CO2. The van der Waals surface area contributed by atoms with Crippen LogP contribution in [0.15, 0.2) is 42.6 Å². The van der Waals surface area contributed by atoms with E-state index in [-0.39, 0.29) is 11.8 Å². The zero-order valence-corrected chi connectivity index (χ0v) is 14.5. The summed E-state index contributed by atoms with van der Waals surface area (Å²) in [4.78, 5) is 16.7. The molecule has 1 aromatic carbocycles. The van der Waals surface area contributed by atoms with Crippen LogP contribution in [0.25, 0.3) is 0 Å². The standard InChI is InChI=1S/C20H24N2O3/c1-24-18-8-9-19-15(13-18)12-16(14-25-19)20(23)22-11-5-3-7-17-6-2-4-10-21-17/h2,4,6,8-10,13,16H,3,5,7,11-12,14H2,1H3,(H,22,23). The maximum Gasteiger partial charge on any atom is 0.226 e. The van der Waals surface area contributed by atoms with Crippen LogP contribution in [-0.4, -0.2) is 31.2 Å². The number of nitrogens with zero attached hydrogens (tertiary/aromatic N) is 1. The van der Waals surface area contributed by atoms with Gasteiger partial charge in [-0.15, -0.1) is 0 Å². The second-order valence-electron chi connectivity index (χ2n) is 6.25. The quantitative estimate of drug-likeness (QED) is 0.788. The molecular formula is C20H24N2O3. The van der Waals surface area contributed by atoms with Crippen molar-refractivity contribution in [3.63, 3.8) is 0 Å². The Labute approximate surface area is 148 Å². The first kappa shape index (κ1) is 17.3. The number of unbranched alkanes of at least 4 members (excludes halogenated alkanes) is 1. The molecule has 1 amide bonds. The lowest BCUT2D eigenvalue weighted by Gasteiger charge is -2.25. The minimum Gasteiger partial charge on any atom is -0.497 e. The van der Waals surface area contributed by atoms with Gasteiger partial charge in [0.2, 0.25) is 5.91 Å². The third-order valence-electron chi connectivity index (χ3n) is 4.43. The fraction of sp³-hybridized carbons (Fsp3) is 0.400. The van der Waals surface area contributed by atoms with E-state index in [1.165, 1.54) is 0 Å². The topological polar surface area (TPSA) is 60.5 Å². The monoisotopic (exact) mass is 340 g/mol. The van der Waals surface area contributed by atoms with Crippen LogP contribution in [0.5, 0.6) is 11.5 Å². The molecule has 25 heavy (non-hydrogen) atoms. The van der Waals surface area contributed by atoms with E-state index in [1.54, 1.807) is 7.11 Å². The van der Waals surface area contributed by atoms with E-state index in [1.807, 2.05) is 42.6 Å². The van der Waals surface area contributed by atoms with Crippen LogP contribution in [0, 0.1) is 5.92 Å². The Bertz CT molecular complexity index is 703. The first-order valence-electron chi connectivity index (χ1n) is 8.73. The summed E-state index contributed by atoms with van der Waals surface area (Å²) >= 11 is 0. The highest BCUT2D eigenvalue weighted by molar-refractivity contribution is 5.79. The van der Waals surface area contributed by atoms with E-state index in [4.69, 9.17) is 9.47 Å².